The number of nitro groups is 1. The molecule has 7 nitrogen and oxygen atoms in total. The summed E-state index contributed by atoms with van der Waals surface area (Å²) in [6.45, 7) is 3.93. The second-order valence-electron chi connectivity index (χ2n) is 3.95. The molecule has 0 bridgehead atoms. The van der Waals surface area contributed by atoms with Crippen LogP contribution in [0.2, 0.25) is 0 Å². The molecule has 2 rings (SSSR count). The van der Waals surface area contributed by atoms with Crippen molar-refractivity contribution in [1.82, 2.24) is 10.2 Å². The Hall–Kier alpha value is -1.60. The maximum atomic E-state index is 12.0. The smallest absolute Gasteiger partial charge is 0.395 e. The number of carbonyl (C=O) groups excluding carboxylic acids is 1. The number of amides is 1. The molecule has 18 heavy (non-hydrogen) atoms. The maximum Gasteiger partial charge on any atom is 0.433 e. The zero-order valence-electron chi connectivity index (χ0n) is 9.79. The highest BCUT2D eigenvalue weighted by molar-refractivity contribution is 5.92. The molecule has 1 fully saturated rings. The molecule has 8 heteroatoms. The average molecular weight is 276 g/mol. The third-order valence-electron chi connectivity index (χ3n) is 2.74. The number of rotatable bonds is 2. The van der Waals surface area contributed by atoms with Crippen LogP contribution in [0.5, 0.6) is 0 Å². The van der Waals surface area contributed by atoms with E-state index in [1.54, 1.807) is 4.90 Å². The molecule has 1 atom stereocenters. The summed E-state index contributed by atoms with van der Waals surface area (Å²) >= 11 is 0. The molecule has 1 N–H and O–H groups in total. The minimum Gasteiger partial charge on any atom is -0.395 e. The number of halogens is 1. The van der Waals surface area contributed by atoms with Gasteiger partial charge < -0.3 is 14.6 Å². The molecule has 1 aromatic rings. The molecule has 1 unspecified atom stereocenters. The quantitative estimate of drug-likeness (QED) is 0.643. The molecule has 100 valence electrons. The Morgan fingerprint density at radius 1 is 1.61 bits per heavy atom. The van der Waals surface area contributed by atoms with Crippen LogP contribution in [0.4, 0.5) is 5.88 Å². The zero-order valence-corrected chi connectivity index (χ0v) is 10.6. The Morgan fingerprint density at radius 2 is 2.33 bits per heavy atom. The van der Waals surface area contributed by atoms with Crippen molar-refractivity contribution in [3.63, 3.8) is 0 Å². The minimum atomic E-state index is -0.655. The fraction of sp³-hybridized carbons (Fsp3) is 0.500. The monoisotopic (exact) mass is 275 g/mol. The van der Waals surface area contributed by atoms with E-state index in [4.69, 9.17) is 4.42 Å². The maximum absolute atomic E-state index is 12.0. The van der Waals surface area contributed by atoms with Gasteiger partial charge in [-0.3, -0.25) is 14.9 Å². The van der Waals surface area contributed by atoms with E-state index < -0.39 is 10.8 Å². The van der Waals surface area contributed by atoms with Gasteiger partial charge in [0.2, 0.25) is 0 Å². The molecule has 0 radical (unpaired) electrons. The standard InChI is InChI=1S/C10H13N3O4.ClH/c1-7-6-11-4-5-12(7)10(14)8-2-3-9(17-8)13(15)16;/h2-3,7,11H,4-6H2,1H3;1H. The minimum absolute atomic E-state index is 0. The first kappa shape index (κ1) is 14.5. The van der Waals surface area contributed by atoms with Gasteiger partial charge in [-0.25, -0.2) is 0 Å². The van der Waals surface area contributed by atoms with E-state index >= 15 is 0 Å². The average Bonchev–Trinajstić information content (AvgIpc) is 2.78. The molecule has 0 saturated carbocycles. The largest absolute Gasteiger partial charge is 0.433 e. The van der Waals surface area contributed by atoms with Crippen LogP contribution < -0.4 is 5.32 Å². The molecule has 0 spiro atoms. The number of nitrogens with one attached hydrogen (secondary N) is 1. The molecule has 1 aromatic heterocycles. The van der Waals surface area contributed by atoms with E-state index in [2.05, 4.69) is 5.32 Å². The molecule has 1 saturated heterocycles. The van der Waals surface area contributed by atoms with Crippen LogP contribution in [-0.4, -0.2) is 41.4 Å². The fourth-order valence-electron chi connectivity index (χ4n) is 1.83. The van der Waals surface area contributed by atoms with E-state index in [0.717, 1.165) is 6.54 Å². The molecular weight excluding hydrogens is 262 g/mol. The normalized spacial score (nSPS) is 19.2. The highest BCUT2D eigenvalue weighted by Crippen LogP contribution is 2.18. The van der Waals surface area contributed by atoms with Crippen LogP contribution >= 0.6 is 12.4 Å². The van der Waals surface area contributed by atoms with Crippen molar-refractivity contribution in [3.05, 3.63) is 28.0 Å². The van der Waals surface area contributed by atoms with E-state index in [9.17, 15) is 14.9 Å². The summed E-state index contributed by atoms with van der Waals surface area (Å²) in [6, 6.07) is 2.59. The molecule has 2 heterocycles. The predicted molar refractivity (Wildman–Crippen MR) is 66.0 cm³/mol. The zero-order chi connectivity index (χ0) is 12.4. The Bertz CT molecular complexity index is 448. The fourth-order valence-corrected chi connectivity index (χ4v) is 1.83. The lowest BCUT2D eigenvalue weighted by atomic mass is 10.2. The predicted octanol–water partition coefficient (Wildman–Crippen LogP) is 1.04. The Kier molecular flexibility index (Phi) is 4.69. The summed E-state index contributed by atoms with van der Waals surface area (Å²) in [7, 11) is 0. The van der Waals surface area contributed by atoms with Gasteiger partial charge in [0.15, 0.2) is 5.76 Å². The van der Waals surface area contributed by atoms with E-state index in [1.165, 1.54) is 12.1 Å². The molecular formula is C10H14ClN3O4. The van der Waals surface area contributed by atoms with Crippen molar-refractivity contribution in [2.45, 2.75) is 13.0 Å². The van der Waals surface area contributed by atoms with Crippen LogP contribution in [0.15, 0.2) is 16.5 Å². The number of hydrogen-bond acceptors (Lipinski definition) is 5. The highest BCUT2D eigenvalue weighted by atomic mass is 35.5. The number of carbonyl (C=O) groups is 1. The van der Waals surface area contributed by atoms with E-state index in [-0.39, 0.29) is 30.1 Å². The lowest BCUT2D eigenvalue weighted by Gasteiger charge is -2.33. The first-order valence-corrected chi connectivity index (χ1v) is 5.35. The van der Waals surface area contributed by atoms with Crippen LogP contribution in [-0.2, 0) is 0 Å². The third-order valence-corrected chi connectivity index (χ3v) is 2.74. The lowest BCUT2D eigenvalue weighted by Crippen LogP contribution is -2.52. The summed E-state index contributed by atoms with van der Waals surface area (Å²) in [5.74, 6) is -0.686. The second kappa shape index (κ2) is 5.83. The van der Waals surface area contributed by atoms with Crippen molar-refractivity contribution >= 4 is 24.2 Å². The number of furan rings is 1. The molecule has 1 aliphatic rings. The number of nitrogens with zero attached hydrogens (tertiary/aromatic N) is 2. The van der Waals surface area contributed by atoms with Gasteiger partial charge in [0, 0.05) is 25.7 Å². The lowest BCUT2D eigenvalue weighted by molar-refractivity contribution is -0.402. The van der Waals surface area contributed by atoms with Crippen molar-refractivity contribution < 1.29 is 14.1 Å². The third kappa shape index (κ3) is 2.80. The van der Waals surface area contributed by atoms with Crippen LogP contribution in [0.1, 0.15) is 17.5 Å². The summed E-state index contributed by atoms with van der Waals surface area (Å²) < 4.78 is 4.90. The summed E-state index contributed by atoms with van der Waals surface area (Å²) in [6.07, 6.45) is 0. The van der Waals surface area contributed by atoms with E-state index in [0.29, 0.717) is 13.1 Å². The Morgan fingerprint density at radius 3 is 2.89 bits per heavy atom. The van der Waals surface area contributed by atoms with Crippen LogP contribution in [0, 0.1) is 10.1 Å². The Balaban J connectivity index is 0.00000162. The number of piperazine rings is 1. The van der Waals surface area contributed by atoms with Crippen molar-refractivity contribution in [2.75, 3.05) is 19.6 Å². The molecule has 1 aliphatic heterocycles. The van der Waals surface area contributed by atoms with Crippen molar-refractivity contribution in [2.24, 2.45) is 0 Å². The molecule has 0 aliphatic carbocycles. The Labute approximate surface area is 110 Å². The van der Waals surface area contributed by atoms with Crippen molar-refractivity contribution in [3.8, 4) is 0 Å². The van der Waals surface area contributed by atoms with Gasteiger partial charge in [-0.15, -0.1) is 12.4 Å². The van der Waals surface area contributed by atoms with Gasteiger partial charge in [0.25, 0.3) is 5.91 Å². The van der Waals surface area contributed by atoms with Gasteiger partial charge >= 0.3 is 5.88 Å². The second-order valence-corrected chi connectivity index (χ2v) is 3.95. The van der Waals surface area contributed by atoms with Crippen molar-refractivity contribution in [1.29, 1.82) is 0 Å². The SMILES string of the molecule is CC1CNCCN1C(=O)c1ccc([N+](=O)[O-])o1.Cl. The van der Waals surface area contributed by atoms with Gasteiger partial charge in [0.1, 0.15) is 4.92 Å². The summed E-state index contributed by atoms with van der Waals surface area (Å²) in [5.41, 5.74) is 0. The van der Waals surface area contributed by atoms with Gasteiger partial charge in [-0.2, -0.15) is 0 Å². The first-order valence-electron chi connectivity index (χ1n) is 5.35. The van der Waals surface area contributed by atoms with Gasteiger partial charge in [0.05, 0.1) is 6.07 Å². The van der Waals surface area contributed by atoms with Gasteiger partial charge in [-0.1, -0.05) is 0 Å². The summed E-state index contributed by atoms with van der Waals surface area (Å²) in [4.78, 5) is 23.5. The van der Waals surface area contributed by atoms with Crippen LogP contribution in [0.25, 0.3) is 0 Å². The highest BCUT2D eigenvalue weighted by Gasteiger charge is 2.27. The topological polar surface area (TPSA) is 88.6 Å². The van der Waals surface area contributed by atoms with Gasteiger partial charge in [-0.05, 0) is 13.0 Å². The van der Waals surface area contributed by atoms with Crippen LogP contribution in [0.3, 0.4) is 0 Å². The summed E-state index contributed by atoms with van der Waals surface area (Å²) in [5, 5.41) is 13.6. The molecule has 0 aromatic carbocycles. The number of hydrogen-bond donors (Lipinski definition) is 1. The molecule has 1 amide bonds. The van der Waals surface area contributed by atoms with E-state index in [1.807, 2.05) is 6.92 Å². The first-order chi connectivity index (χ1) is 8.09.